The monoisotopic (exact) mass is 354 g/mol. The minimum Gasteiger partial charge on any atom is -0.300 e. The molecule has 0 saturated carbocycles. The maximum Gasteiger partial charge on any atom is 0.133 e. The molecule has 1 nitrogen and oxygen atoms in total. The van der Waals surface area contributed by atoms with Gasteiger partial charge in [-0.1, -0.05) is 72.8 Å². The molecule has 0 N–H and O–H groups in total. The highest BCUT2D eigenvalue weighted by atomic mass is 16.1. The Bertz CT molecular complexity index is 913. The molecule has 0 fully saturated rings. The van der Waals surface area contributed by atoms with E-state index in [1.165, 1.54) is 33.4 Å². The second-order valence-corrected chi connectivity index (χ2v) is 7.67. The van der Waals surface area contributed by atoms with Crippen molar-refractivity contribution in [3.63, 3.8) is 0 Å². The lowest BCUT2D eigenvalue weighted by molar-refractivity contribution is -0.121. The first-order chi connectivity index (χ1) is 13.2. The van der Waals surface area contributed by atoms with Gasteiger partial charge in [-0.15, -0.1) is 0 Å². The molecule has 2 aromatic rings. The molecule has 4 rings (SSSR count). The molecular weight excluding hydrogens is 328 g/mol. The molecule has 2 aliphatic carbocycles. The van der Waals surface area contributed by atoms with Crippen molar-refractivity contribution >= 4 is 16.9 Å². The van der Waals surface area contributed by atoms with Crippen LogP contribution < -0.4 is 0 Å². The molecule has 0 spiro atoms. The van der Waals surface area contributed by atoms with Crippen LogP contribution in [0.5, 0.6) is 0 Å². The van der Waals surface area contributed by atoms with Crippen LogP contribution in [0.25, 0.3) is 11.1 Å². The highest BCUT2D eigenvalue weighted by Crippen LogP contribution is 2.39. The zero-order valence-corrected chi connectivity index (χ0v) is 15.9. The Kier molecular flexibility index (Phi) is 5.20. The predicted octanol–water partition coefficient (Wildman–Crippen LogP) is 6.63. The molecule has 1 atom stereocenters. The van der Waals surface area contributed by atoms with Crippen LogP contribution >= 0.6 is 0 Å². The van der Waals surface area contributed by atoms with Gasteiger partial charge >= 0.3 is 0 Å². The van der Waals surface area contributed by atoms with Gasteiger partial charge in [-0.05, 0) is 72.4 Å². The fourth-order valence-electron chi connectivity index (χ4n) is 4.25. The average Bonchev–Trinajstić information content (AvgIpc) is 2.69. The quantitative estimate of drug-likeness (QED) is 0.604. The van der Waals surface area contributed by atoms with Crippen LogP contribution in [0.2, 0.25) is 0 Å². The number of carbonyl (C=O) groups is 1. The maximum atomic E-state index is 12.0. The Morgan fingerprint density at radius 2 is 1.26 bits per heavy atom. The summed E-state index contributed by atoms with van der Waals surface area (Å²) in [6, 6.07) is 21.4. The van der Waals surface area contributed by atoms with E-state index in [9.17, 15) is 4.79 Å². The molecule has 1 unspecified atom stereocenters. The highest BCUT2D eigenvalue weighted by Gasteiger charge is 2.24. The van der Waals surface area contributed by atoms with Crippen molar-refractivity contribution < 1.29 is 4.79 Å². The molecule has 0 radical (unpaired) electrons. The molecule has 0 amide bonds. The van der Waals surface area contributed by atoms with E-state index in [4.69, 9.17) is 0 Å². The van der Waals surface area contributed by atoms with E-state index in [-0.39, 0.29) is 5.92 Å². The molecule has 0 bridgehead atoms. The third kappa shape index (κ3) is 4.03. The van der Waals surface area contributed by atoms with Crippen molar-refractivity contribution in [3.8, 4) is 0 Å². The van der Waals surface area contributed by atoms with Crippen LogP contribution in [-0.4, -0.2) is 5.78 Å². The van der Waals surface area contributed by atoms with Crippen molar-refractivity contribution in [2.24, 2.45) is 5.92 Å². The summed E-state index contributed by atoms with van der Waals surface area (Å²) in [7, 11) is 0. The fourth-order valence-corrected chi connectivity index (χ4v) is 4.25. The first kappa shape index (κ1) is 17.7. The molecular formula is C26H26O. The number of allylic oxidation sites excluding steroid dienone is 6. The summed E-state index contributed by atoms with van der Waals surface area (Å²) < 4.78 is 0. The van der Waals surface area contributed by atoms with Gasteiger partial charge < -0.3 is 0 Å². The van der Waals surface area contributed by atoms with E-state index in [2.05, 4.69) is 72.8 Å². The number of hydrogen-bond donors (Lipinski definition) is 0. The smallest absolute Gasteiger partial charge is 0.133 e. The second-order valence-electron chi connectivity index (χ2n) is 7.67. The largest absolute Gasteiger partial charge is 0.300 e. The van der Waals surface area contributed by atoms with Crippen LogP contribution in [0.4, 0.5) is 0 Å². The Morgan fingerprint density at radius 1 is 0.741 bits per heavy atom. The van der Waals surface area contributed by atoms with Gasteiger partial charge in [0.2, 0.25) is 0 Å². The summed E-state index contributed by atoms with van der Waals surface area (Å²) >= 11 is 0. The van der Waals surface area contributed by atoms with Crippen LogP contribution in [0, 0.1) is 5.92 Å². The van der Waals surface area contributed by atoms with E-state index >= 15 is 0 Å². The lowest BCUT2D eigenvalue weighted by Gasteiger charge is -2.26. The van der Waals surface area contributed by atoms with Gasteiger partial charge in [-0.2, -0.15) is 0 Å². The first-order valence-corrected chi connectivity index (χ1v) is 9.95. The maximum absolute atomic E-state index is 12.0. The van der Waals surface area contributed by atoms with Crippen molar-refractivity contribution in [2.45, 2.75) is 39.0 Å². The number of benzene rings is 2. The summed E-state index contributed by atoms with van der Waals surface area (Å²) in [4.78, 5) is 12.0. The molecule has 0 saturated heterocycles. The van der Waals surface area contributed by atoms with Gasteiger partial charge in [0, 0.05) is 5.92 Å². The van der Waals surface area contributed by atoms with Crippen LogP contribution in [0.3, 0.4) is 0 Å². The van der Waals surface area contributed by atoms with E-state index < -0.39 is 0 Å². The van der Waals surface area contributed by atoms with Crippen molar-refractivity contribution in [1.82, 2.24) is 0 Å². The molecule has 27 heavy (non-hydrogen) atoms. The Labute approximate surface area is 162 Å². The van der Waals surface area contributed by atoms with E-state index in [1.54, 1.807) is 6.92 Å². The molecule has 2 aromatic carbocycles. The summed E-state index contributed by atoms with van der Waals surface area (Å²) in [6.45, 7) is 1.74. The van der Waals surface area contributed by atoms with Crippen LogP contribution in [-0.2, 0) is 4.79 Å². The van der Waals surface area contributed by atoms with Crippen molar-refractivity contribution in [2.75, 3.05) is 0 Å². The molecule has 0 aliphatic heterocycles. The first-order valence-electron chi connectivity index (χ1n) is 9.95. The summed E-state index contributed by atoms with van der Waals surface area (Å²) in [5.74, 6) is 0.496. The van der Waals surface area contributed by atoms with Crippen molar-refractivity contribution in [3.05, 3.63) is 95.1 Å². The van der Waals surface area contributed by atoms with Gasteiger partial charge in [0.15, 0.2) is 0 Å². The summed E-state index contributed by atoms with van der Waals surface area (Å²) in [6.07, 6.45) is 9.68. The Hall–Kier alpha value is -2.67. The fraction of sp³-hybridized carbons (Fsp3) is 0.269. The van der Waals surface area contributed by atoms with Gasteiger partial charge in [-0.3, -0.25) is 4.79 Å². The topological polar surface area (TPSA) is 17.1 Å². The van der Waals surface area contributed by atoms with Gasteiger partial charge in [-0.25, -0.2) is 0 Å². The van der Waals surface area contributed by atoms with E-state index in [0.29, 0.717) is 5.78 Å². The summed E-state index contributed by atoms with van der Waals surface area (Å²) in [5, 5.41) is 0. The van der Waals surface area contributed by atoms with E-state index in [0.717, 1.165) is 32.1 Å². The number of rotatable bonds is 3. The molecule has 2 aliphatic rings. The molecule has 0 aromatic heterocycles. The standard InChI is InChI=1S/C26H26O/c1-19(27)22-12-13-25-17-23(20-8-4-2-5-9-20)14-15-24(18-26(25)16-22)21-10-6-3-7-11-21/h2-11,17-18,22H,12-16H2,1H3/b23-17+,24-18+. The SMILES string of the molecule is CC(=O)C1CCC2=C(/C=C(/c3ccccc3)CC/C(c3ccccc3)=C\2)C1. The van der Waals surface area contributed by atoms with Gasteiger partial charge in [0.05, 0.1) is 0 Å². The zero-order chi connectivity index (χ0) is 18.6. The van der Waals surface area contributed by atoms with Crippen LogP contribution in [0.15, 0.2) is 84.0 Å². The van der Waals surface area contributed by atoms with Gasteiger partial charge in [0.25, 0.3) is 0 Å². The van der Waals surface area contributed by atoms with Crippen molar-refractivity contribution in [1.29, 1.82) is 0 Å². The number of carbonyl (C=O) groups excluding carboxylic acids is 1. The Morgan fingerprint density at radius 3 is 1.78 bits per heavy atom. The lowest BCUT2D eigenvalue weighted by atomic mass is 9.78. The third-order valence-electron chi connectivity index (χ3n) is 5.87. The lowest BCUT2D eigenvalue weighted by Crippen LogP contribution is -2.17. The minimum atomic E-state index is 0.171. The number of hydrogen-bond acceptors (Lipinski definition) is 1. The normalized spacial score (nSPS) is 24.0. The molecule has 136 valence electrons. The third-order valence-corrected chi connectivity index (χ3v) is 5.87. The summed E-state index contributed by atoms with van der Waals surface area (Å²) in [5.41, 5.74) is 8.17. The average molecular weight is 354 g/mol. The zero-order valence-electron chi connectivity index (χ0n) is 15.9. The Balaban J connectivity index is 1.78. The molecule has 1 heteroatoms. The second kappa shape index (κ2) is 7.92. The predicted molar refractivity (Wildman–Crippen MR) is 113 cm³/mol. The van der Waals surface area contributed by atoms with E-state index in [1.807, 2.05) is 0 Å². The van der Waals surface area contributed by atoms with Gasteiger partial charge in [0.1, 0.15) is 5.78 Å². The highest BCUT2D eigenvalue weighted by molar-refractivity contribution is 5.81. The minimum absolute atomic E-state index is 0.171. The van der Waals surface area contributed by atoms with Crippen LogP contribution in [0.1, 0.15) is 50.2 Å². The number of ketones is 1. The number of Topliss-reactive ketones (excluding diaryl/α,β-unsaturated/α-hetero) is 1. The molecule has 0 heterocycles.